The van der Waals surface area contributed by atoms with E-state index in [-0.39, 0.29) is 6.61 Å². The molecule has 0 aliphatic rings. The molecule has 21 heavy (non-hydrogen) atoms. The molecule has 2 nitrogen and oxygen atoms in total. The Balaban J connectivity index is 2.09. The third kappa shape index (κ3) is 2.77. The highest BCUT2D eigenvalue weighted by molar-refractivity contribution is 6.31. The second kappa shape index (κ2) is 5.47. The van der Waals surface area contributed by atoms with Gasteiger partial charge in [0.1, 0.15) is 11.6 Å². The van der Waals surface area contributed by atoms with E-state index >= 15 is 0 Å². The van der Waals surface area contributed by atoms with E-state index in [0.29, 0.717) is 17.1 Å². The largest absolute Gasteiger partial charge is 0.392 e. The third-order valence-corrected chi connectivity index (χ3v) is 3.61. The van der Waals surface area contributed by atoms with Crippen LogP contribution in [0.3, 0.4) is 0 Å². The zero-order valence-electron chi connectivity index (χ0n) is 11.0. The number of hydrogen-bond acceptors (Lipinski definition) is 1. The molecule has 5 heteroatoms. The van der Waals surface area contributed by atoms with Gasteiger partial charge in [0, 0.05) is 34.8 Å². The molecular formula is C16H12ClF2NO. The van der Waals surface area contributed by atoms with Crippen LogP contribution in [0.15, 0.2) is 42.6 Å². The number of rotatable bonds is 3. The van der Waals surface area contributed by atoms with E-state index in [0.717, 1.165) is 22.5 Å². The van der Waals surface area contributed by atoms with Crippen LogP contribution >= 0.6 is 11.6 Å². The van der Waals surface area contributed by atoms with Crippen LogP contribution in [0.4, 0.5) is 8.78 Å². The molecule has 1 heterocycles. The predicted molar refractivity (Wildman–Crippen MR) is 78.3 cm³/mol. The summed E-state index contributed by atoms with van der Waals surface area (Å²) in [5.74, 6) is -1.22. The standard InChI is InChI=1S/C16H12ClF2NO/c17-12-1-2-15-11(9-21)8-20(16(15)5-12)7-10-3-13(18)6-14(19)4-10/h1-6,8,21H,7,9H2. The van der Waals surface area contributed by atoms with E-state index < -0.39 is 11.6 Å². The van der Waals surface area contributed by atoms with Gasteiger partial charge in [-0.15, -0.1) is 0 Å². The smallest absolute Gasteiger partial charge is 0.126 e. The molecule has 0 unspecified atom stereocenters. The summed E-state index contributed by atoms with van der Waals surface area (Å²) >= 11 is 6.00. The van der Waals surface area contributed by atoms with Crippen molar-refractivity contribution < 1.29 is 13.9 Å². The monoisotopic (exact) mass is 307 g/mol. The molecule has 1 N–H and O–H groups in total. The molecule has 108 valence electrons. The minimum Gasteiger partial charge on any atom is -0.392 e. The lowest BCUT2D eigenvalue weighted by atomic mass is 10.2. The average Bonchev–Trinajstić information content (AvgIpc) is 2.75. The first-order valence-corrected chi connectivity index (χ1v) is 6.78. The summed E-state index contributed by atoms with van der Waals surface area (Å²) in [6.45, 7) is 0.189. The minimum atomic E-state index is -0.609. The highest BCUT2D eigenvalue weighted by atomic mass is 35.5. The highest BCUT2D eigenvalue weighted by Gasteiger charge is 2.10. The summed E-state index contributed by atoms with van der Waals surface area (Å²) in [5, 5.41) is 10.8. The molecule has 0 amide bonds. The Morgan fingerprint density at radius 3 is 2.43 bits per heavy atom. The van der Waals surface area contributed by atoms with Crippen molar-refractivity contribution in [2.45, 2.75) is 13.2 Å². The predicted octanol–water partition coefficient (Wildman–Crippen LogP) is 4.11. The molecule has 0 spiro atoms. The summed E-state index contributed by atoms with van der Waals surface area (Å²) in [6, 6.07) is 8.76. The Morgan fingerprint density at radius 2 is 1.76 bits per heavy atom. The number of nitrogens with zero attached hydrogens (tertiary/aromatic N) is 1. The van der Waals surface area contributed by atoms with Gasteiger partial charge >= 0.3 is 0 Å². The number of halogens is 3. The molecule has 3 rings (SSSR count). The van der Waals surface area contributed by atoms with Gasteiger partial charge in [0.05, 0.1) is 12.1 Å². The van der Waals surface area contributed by atoms with Gasteiger partial charge in [0.15, 0.2) is 0 Å². The van der Waals surface area contributed by atoms with Crippen molar-refractivity contribution >= 4 is 22.5 Å². The molecule has 0 bridgehead atoms. The van der Waals surface area contributed by atoms with E-state index in [9.17, 15) is 13.9 Å². The molecule has 0 saturated heterocycles. The lowest BCUT2D eigenvalue weighted by Gasteiger charge is -2.06. The average molecular weight is 308 g/mol. The molecule has 3 aromatic rings. The number of aromatic nitrogens is 1. The van der Waals surface area contributed by atoms with Gasteiger partial charge in [-0.2, -0.15) is 0 Å². The molecule has 0 saturated carbocycles. The summed E-state index contributed by atoms with van der Waals surface area (Å²) < 4.78 is 28.4. The van der Waals surface area contributed by atoms with Crippen LogP contribution in [0.2, 0.25) is 5.02 Å². The van der Waals surface area contributed by atoms with Crippen LogP contribution in [0.25, 0.3) is 10.9 Å². The number of hydrogen-bond donors (Lipinski definition) is 1. The Hall–Kier alpha value is -1.91. The van der Waals surface area contributed by atoms with E-state index in [1.165, 1.54) is 12.1 Å². The van der Waals surface area contributed by atoms with Crippen LogP contribution < -0.4 is 0 Å². The van der Waals surface area contributed by atoms with Crippen LogP contribution in [-0.2, 0) is 13.2 Å². The van der Waals surface area contributed by atoms with Gasteiger partial charge in [-0.25, -0.2) is 8.78 Å². The first-order chi connectivity index (χ1) is 10.1. The number of fused-ring (bicyclic) bond motifs is 1. The van der Waals surface area contributed by atoms with Crippen LogP contribution in [0.1, 0.15) is 11.1 Å². The van der Waals surface area contributed by atoms with Crippen molar-refractivity contribution in [3.63, 3.8) is 0 Å². The molecule has 1 aromatic heterocycles. The van der Waals surface area contributed by atoms with Crippen LogP contribution in [0, 0.1) is 11.6 Å². The second-order valence-electron chi connectivity index (χ2n) is 4.88. The number of benzene rings is 2. The normalized spacial score (nSPS) is 11.2. The summed E-state index contributed by atoms with van der Waals surface area (Å²) in [7, 11) is 0. The molecule has 2 aromatic carbocycles. The van der Waals surface area contributed by atoms with Crippen LogP contribution in [0.5, 0.6) is 0 Å². The van der Waals surface area contributed by atoms with Gasteiger partial charge in [-0.1, -0.05) is 17.7 Å². The molecule has 0 atom stereocenters. The van der Waals surface area contributed by atoms with E-state index in [2.05, 4.69) is 0 Å². The van der Waals surface area contributed by atoms with Gasteiger partial charge in [-0.05, 0) is 29.8 Å². The third-order valence-electron chi connectivity index (χ3n) is 3.37. The fraction of sp³-hybridized carbons (Fsp3) is 0.125. The quantitative estimate of drug-likeness (QED) is 0.774. The Kier molecular flexibility index (Phi) is 3.66. The molecule has 0 aliphatic carbocycles. The fourth-order valence-electron chi connectivity index (χ4n) is 2.50. The molecule has 0 aliphatic heterocycles. The van der Waals surface area contributed by atoms with Crippen molar-refractivity contribution in [2.24, 2.45) is 0 Å². The first-order valence-electron chi connectivity index (χ1n) is 6.40. The van der Waals surface area contributed by atoms with Gasteiger partial charge < -0.3 is 9.67 Å². The van der Waals surface area contributed by atoms with Crippen molar-refractivity contribution in [1.29, 1.82) is 0 Å². The van der Waals surface area contributed by atoms with Crippen molar-refractivity contribution in [3.8, 4) is 0 Å². The maximum atomic E-state index is 13.3. The van der Waals surface area contributed by atoms with Crippen molar-refractivity contribution in [3.05, 3.63) is 70.4 Å². The Labute approximate surface area is 125 Å². The van der Waals surface area contributed by atoms with Gasteiger partial charge in [0.2, 0.25) is 0 Å². The molecule has 0 fully saturated rings. The number of aliphatic hydroxyl groups excluding tert-OH is 1. The van der Waals surface area contributed by atoms with E-state index in [1.807, 2.05) is 10.6 Å². The lowest BCUT2D eigenvalue weighted by Crippen LogP contribution is -1.99. The topological polar surface area (TPSA) is 25.2 Å². The van der Waals surface area contributed by atoms with Crippen LogP contribution in [-0.4, -0.2) is 9.67 Å². The van der Waals surface area contributed by atoms with E-state index in [1.54, 1.807) is 18.3 Å². The number of aliphatic hydroxyl groups is 1. The summed E-state index contributed by atoms with van der Waals surface area (Å²) in [6.07, 6.45) is 1.77. The Bertz CT molecular complexity index is 793. The SMILES string of the molecule is OCc1cn(Cc2cc(F)cc(F)c2)c2cc(Cl)ccc12. The fourth-order valence-corrected chi connectivity index (χ4v) is 2.66. The molecule has 0 radical (unpaired) electrons. The summed E-state index contributed by atoms with van der Waals surface area (Å²) in [4.78, 5) is 0. The van der Waals surface area contributed by atoms with E-state index in [4.69, 9.17) is 11.6 Å². The van der Waals surface area contributed by atoms with Crippen molar-refractivity contribution in [2.75, 3.05) is 0 Å². The minimum absolute atomic E-state index is 0.108. The van der Waals surface area contributed by atoms with Gasteiger partial charge in [0.25, 0.3) is 0 Å². The lowest BCUT2D eigenvalue weighted by molar-refractivity contribution is 0.283. The first kappa shape index (κ1) is 14.0. The maximum absolute atomic E-state index is 13.3. The zero-order chi connectivity index (χ0) is 15.0. The zero-order valence-corrected chi connectivity index (χ0v) is 11.7. The van der Waals surface area contributed by atoms with Crippen molar-refractivity contribution in [1.82, 2.24) is 4.57 Å². The summed E-state index contributed by atoms with van der Waals surface area (Å²) in [5.41, 5.74) is 2.07. The highest BCUT2D eigenvalue weighted by Crippen LogP contribution is 2.26. The second-order valence-corrected chi connectivity index (χ2v) is 5.32. The molecular weight excluding hydrogens is 296 g/mol. The Morgan fingerprint density at radius 1 is 1.05 bits per heavy atom. The maximum Gasteiger partial charge on any atom is 0.126 e. The van der Waals surface area contributed by atoms with Gasteiger partial charge in [-0.3, -0.25) is 0 Å².